The lowest BCUT2D eigenvalue weighted by Crippen LogP contribution is -2.62. The number of rotatable bonds is 6. The monoisotopic (exact) mass is 410 g/mol. The topological polar surface area (TPSA) is 110 Å². The van der Waals surface area contributed by atoms with Gasteiger partial charge >= 0.3 is 12.5 Å². The number of hydrogen-bond acceptors (Lipinski definition) is 8. The molecule has 0 saturated carbocycles. The van der Waals surface area contributed by atoms with Crippen molar-refractivity contribution in [2.24, 2.45) is 0 Å². The molecule has 9 nitrogen and oxygen atoms in total. The average molecular weight is 410 g/mol. The van der Waals surface area contributed by atoms with Gasteiger partial charge in [0.15, 0.2) is 6.17 Å². The zero-order valence-corrected chi connectivity index (χ0v) is 16.2. The summed E-state index contributed by atoms with van der Waals surface area (Å²) in [5.74, 6) is 0. The number of nitro benzene ring substituents is 1. The number of imide groups is 1. The molecule has 28 heavy (non-hydrogen) atoms. The molecule has 2 amide bonds. The Morgan fingerprint density at radius 1 is 1.43 bits per heavy atom. The highest BCUT2D eigenvalue weighted by atomic mass is 32.1. The number of quaternary nitrogens is 1. The minimum atomic E-state index is -0.668. The van der Waals surface area contributed by atoms with E-state index in [0.717, 1.165) is 12.8 Å². The lowest BCUT2D eigenvalue weighted by atomic mass is 10.2. The van der Waals surface area contributed by atoms with Crippen LogP contribution in [0.1, 0.15) is 24.8 Å². The molecular weight excluding hydrogens is 386 g/mol. The summed E-state index contributed by atoms with van der Waals surface area (Å²) in [4.78, 5) is 37.3. The number of ether oxygens (including phenoxy) is 1. The number of benzene rings is 1. The molecule has 0 radical (unpaired) electrons. The Morgan fingerprint density at radius 3 is 2.75 bits per heavy atom. The first kappa shape index (κ1) is 20.7. The van der Waals surface area contributed by atoms with E-state index in [4.69, 9.17) is 4.74 Å². The van der Waals surface area contributed by atoms with Gasteiger partial charge in [-0.3, -0.25) is 10.1 Å². The molecule has 2 fully saturated rings. The van der Waals surface area contributed by atoms with E-state index in [9.17, 15) is 24.8 Å². The Hall–Kier alpha value is -2.01. The molecule has 2 aliphatic rings. The number of carbonyl (C=O) groups excluding carboxylic acids is 2. The quantitative estimate of drug-likeness (QED) is 0.241. The third kappa shape index (κ3) is 3.90. The Morgan fingerprint density at radius 2 is 2.14 bits per heavy atom. The average Bonchev–Trinajstić information content (AvgIpc) is 3.30. The van der Waals surface area contributed by atoms with E-state index < -0.39 is 21.7 Å². The molecule has 0 aromatic heterocycles. The predicted molar refractivity (Wildman–Crippen MR) is 102 cm³/mol. The van der Waals surface area contributed by atoms with Crippen LogP contribution in [0, 0.1) is 10.1 Å². The molecule has 0 aliphatic carbocycles. The van der Waals surface area contributed by atoms with E-state index in [1.54, 1.807) is 0 Å². The summed E-state index contributed by atoms with van der Waals surface area (Å²) in [6.45, 7) is 0.827. The molecule has 1 N–H and O–H groups in total. The van der Waals surface area contributed by atoms with Gasteiger partial charge < -0.3 is 9.84 Å². The van der Waals surface area contributed by atoms with Crippen molar-refractivity contribution >= 4 is 30.8 Å². The first-order valence-corrected chi connectivity index (χ1v) is 9.72. The van der Waals surface area contributed by atoms with Gasteiger partial charge in [0.1, 0.15) is 13.2 Å². The van der Waals surface area contributed by atoms with Gasteiger partial charge in [-0.1, -0.05) is 0 Å². The van der Waals surface area contributed by atoms with Crippen molar-refractivity contribution in [1.82, 2.24) is 4.90 Å². The number of thiol groups is 1. The molecule has 152 valence electrons. The number of aliphatic hydroxyl groups is 1. The van der Waals surface area contributed by atoms with Crippen molar-refractivity contribution in [2.75, 3.05) is 19.7 Å². The zero-order chi connectivity index (χ0) is 20.3. The summed E-state index contributed by atoms with van der Waals surface area (Å²) < 4.78 is 4.92. The largest absolute Gasteiger partial charge is 0.525 e. The van der Waals surface area contributed by atoms with Gasteiger partial charge in [-0.05, 0) is 30.5 Å². The van der Waals surface area contributed by atoms with Crippen LogP contribution >= 0.6 is 12.6 Å². The zero-order valence-electron chi connectivity index (χ0n) is 15.3. The van der Waals surface area contributed by atoms with Crippen LogP contribution in [-0.2, 0) is 16.1 Å². The lowest BCUT2D eigenvalue weighted by molar-refractivity contribution is -0.800. The van der Waals surface area contributed by atoms with E-state index in [0.29, 0.717) is 24.9 Å². The molecule has 2 unspecified atom stereocenters. The summed E-state index contributed by atoms with van der Waals surface area (Å²) in [6, 6.07) is 5.63. The smallest absolute Gasteiger partial charge is 0.415 e. The molecule has 2 heterocycles. The fraction of sp³-hybridized carbons (Fsp3) is 0.556. The van der Waals surface area contributed by atoms with Gasteiger partial charge in [0, 0.05) is 31.1 Å². The highest BCUT2D eigenvalue weighted by Gasteiger charge is 2.57. The molecule has 2 saturated heterocycles. The van der Waals surface area contributed by atoms with E-state index in [2.05, 4.69) is 12.6 Å². The summed E-state index contributed by atoms with van der Waals surface area (Å²) in [7, 11) is 0. The minimum absolute atomic E-state index is 0.0234. The minimum Gasteiger partial charge on any atom is -0.415 e. The lowest BCUT2D eigenvalue weighted by Gasteiger charge is -2.37. The van der Waals surface area contributed by atoms with E-state index in [1.807, 2.05) is 4.90 Å². The first-order valence-electron chi connectivity index (χ1n) is 9.20. The Balaban J connectivity index is 1.74. The summed E-state index contributed by atoms with van der Waals surface area (Å²) >= 11 is 4.50. The van der Waals surface area contributed by atoms with Gasteiger partial charge in [0.2, 0.25) is 0 Å². The van der Waals surface area contributed by atoms with Crippen LogP contribution in [0.4, 0.5) is 10.5 Å². The third-order valence-corrected chi connectivity index (χ3v) is 5.96. The Kier molecular flexibility index (Phi) is 6.33. The highest BCUT2D eigenvalue weighted by molar-refractivity contribution is 7.81. The SMILES string of the molecule is O=C[N+]1(C(=O)OCc2ccc([N+](=O)[O-])cc2)C[C@@H](S)C[C@H]1N1CCCC1CO. The van der Waals surface area contributed by atoms with E-state index in [1.165, 1.54) is 24.3 Å². The van der Waals surface area contributed by atoms with Gasteiger partial charge in [0.25, 0.3) is 5.69 Å². The second kappa shape index (κ2) is 8.56. The molecule has 0 spiro atoms. The van der Waals surface area contributed by atoms with Crippen LogP contribution in [0.5, 0.6) is 0 Å². The maximum atomic E-state index is 12.9. The Bertz CT molecular complexity index is 745. The fourth-order valence-corrected chi connectivity index (χ4v) is 4.61. The van der Waals surface area contributed by atoms with Crippen molar-refractivity contribution in [3.8, 4) is 0 Å². The second-order valence-electron chi connectivity index (χ2n) is 7.28. The van der Waals surface area contributed by atoms with Crippen LogP contribution in [0.15, 0.2) is 24.3 Å². The van der Waals surface area contributed by atoms with Gasteiger partial charge in [-0.2, -0.15) is 17.4 Å². The Labute approximate surface area is 168 Å². The van der Waals surface area contributed by atoms with E-state index in [-0.39, 0.29) is 36.7 Å². The van der Waals surface area contributed by atoms with Crippen LogP contribution < -0.4 is 0 Å². The first-order chi connectivity index (χ1) is 13.4. The highest BCUT2D eigenvalue weighted by Crippen LogP contribution is 2.36. The molecule has 10 heteroatoms. The van der Waals surface area contributed by atoms with Crippen LogP contribution in [0.25, 0.3) is 0 Å². The van der Waals surface area contributed by atoms with Crippen LogP contribution in [0.3, 0.4) is 0 Å². The van der Waals surface area contributed by atoms with Crippen molar-refractivity contribution in [3.05, 3.63) is 39.9 Å². The second-order valence-corrected chi connectivity index (χ2v) is 8.01. The maximum absolute atomic E-state index is 12.9. The number of carbonyl (C=O) groups is 2. The molecule has 0 bridgehead atoms. The molecule has 4 atom stereocenters. The van der Waals surface area contributed by atoms with Crippen molar-refractivity contribution in [3.63, 3.8) is 0 Å². The fourth-order valence-electron chi connectivity index (χ4n) is 4.15. The van der Waals surface area contributed by atoms with Crippen molar-refractivity contribution < 1.29 is 28.8 Å². The number of nitrogens with zero attached hydrogens (tertiary/aromatic N) is 3. The van der Waals surface area contributed by atoms with Crippen molar-refractivity contribution in [2.45, 2.75) is 43.3 Å². The number of likely N-dealkylation sites (tertiary alicyclic amines) is 2. The van der Waals surface area contributed by atoms with Crippen LogP contribution in [-0.4, -0.2) is 69.1 Å². The summed E-state index contributed by atoms with van der Waals surface area (Å²) in [6.07, 6.45) is 1.80. The number of nitro groups is 1. The standard InChI is InChI=1S/C18H23N3O6S/c22-10-15-2-1-7-19(15)17-8-16(28)9-21(17,12-23)18(24)27-11-13-3-5-14(6-4-13)20(25)26/h3-6,12,15-17,22H,1-2,7-11H2/p+1/t15?,16-,17-,21?/m0/s1. The number of aliphatic hydroxyl groups excluding tert-OH is 1. The van der Waals surface area contributed by atoms with Gasteiger partial charge in [-0.15, -0.1) is 4.48 Å². The summed E-state index contributed by atoms with van der Waals surface area (Å²) in [5.41, 5.74) is 0.545. The van der Waals surface area contributed by atoms with Gasteiger partial charge in [-0.25, -0.2) is 9.69 Å². The molecule has 3 rings (SSSR count). The molecule has 1 aromatic carbocycles. The number of amides is 2. The summed E-state index contributed by atoms with van der Waals surface area (Å²) in [5, 5.41) is 20.2. The predicted octanol–water partition coefficient (Wildman–Crippen LogP) is 1.69. The maximum Gasteiger partial charge on any atom is 0.525 e. The third-order valence-electron chi connectivity index (χ3n) is 5.58. The van der Waals surface area contributed by atoms with Gasteiger partial charge in [0.05, 0.1) is 16.8 Å². The molecule has 1 aromatic rings. The van der Waals surface area contributed by atoms with Crippen molar-refractivity contribution in [1.29, 1.82) is 0 Å². The van der Waals surface area contributed by atoms with Crippen LogP contribution in [0.2, 0.25) is 0 Å². The number of non-ortho nitro benzene ring substituents is 1. The normalized spacial score (nSPS) is 30.3. The van der Waals surface area contributed by atoms with E-state index >= 15 is 0 Å². The molecule has 2 aliphatic heterocycles. The molecular formula is C18H24N3O6S+. The number of hydrogen-bond donors (Lipinski definition) is 2.